The predicted molar refractivity (Wildman–Crippen MR) is 69.4 cm³/mol. The first-order valence-corrected chi connectivity index (χ1v) is 6.30. The van der Waals surface area contributed by atoms with Crippen molar-refractivity contribution in [3.63, 3.8) is 0 Å². The van der Waals surface area contributed by atoms with Crippen molar-refractivity contribution in [3.8, 4) is 0 Å². The van der Waals surface area contributed by atoms with Gasteiger partial charge in [-0.05, 0) is 24.8 Å². The number of rotatable bonds is 2. The molecule has 0 saturated carbocycles. The summed E-state index contributed by atoms with van der Waals surface area (Å²) in [6.07, 6.45) is 3.31. The third-order valence-corrected chi connectivity index (χ3v) is 3.48. The van der Waals surface area contributed by atoms with Crippen molar-refractivity contribution in [2.45, 2.75) is 12.8 Å². The van der Waals surface area contributed by atoms with Gasteiger partial charge in [0.15, 0.2) is 0 Å². The average Bonchev–Trinajstić information content (AvgIpc) is 2.41. The van der Waals surface area contributed by atoms with Gasteiger partial charge in [0.25, 0.3) is 5.91 Å². The largest absolute Gasteiger partial charge is 0.396 e. The SMILES string of the molecule is Nc1ncc(C(=O)N2CCCC(CO)C2)cc1Cl. The van der Waals surface area contributed by atoms with Crippen LogP contribution in [0.3, 0.4) is 0 Å². The van der Waals surface area contributed by atoms with Crippen molar-refractivity contribution < 1.29 is 9.90 Å². The zero-order valence-electron chi connectivity index (χ0n) is 9.97. The number of piperidine rings is 1. The lowest BCUT2D eigenvalue weighted by atomic mass is 9.98. The molecule has 1 saturated heterocycles. The Balaban J connectivity index is 2.12. The fourth-order valence-corrected chi connectivity index (χ4v) is 2.31. The minimum atomic E-state index is -0.109. The molecule has 1 fully saturated rings. The topological polar surface area (TPSA) is 79.5 Å². The first-order chi connectivity index (χ1) is 8.61. The number of aliphatic hydroxyl groups is 1. The molecule has 1 aliphatic heterocycles. The Bertz CT molecular complexity index is 453. The molecular weight excluding hydrogens is 254 g/mol. The molecule has 1 amide bonds. The van der Waals surface area contributed by atoms with Gasteiger partial charge < -0.3 is 15.7 Å². The standard InChI is InChI=1S/C12H16ClN3O2/c13-10-4-9(5-15-11(10)14)12(18)16-3-1-2-8(6-16)7-17/h4-5,8,17H,1-3,6-7H2,(H2,14,15). The number of anilines is 1. The smallest absolute Gasteiger partial charge is 0.255 e. The van der Waals surface area contributed by atoms with Crippen LogP contribution in [0.1, 0.15) is 23.2 Å². The highest BCUT2D eigenvalue weighted by molar-refractivity contribution is 6.33. The van der Waals surface area contributed by atoms with Crippen LogP contribution < -0.4 is 5.73 Å². The highest BCUT2D eigenvalue weighted by Crippen LogP contribution is 2.21. The van der Waals surface area contributed by atoms with Crippen LogP contribution >= 0.6 is 11.6 Å². The van der Waals surface area contributed by atoms with Gasteiger partial charge in [-0.1, -0.05) is 11.6 Å². The van der Waals surface area contributed by atoms with Crippen molar-refractivity contribution in [2.75, 3.05) is 25.4 Å². The van der Waals surface area contributed by atoms with Crippen LogP contribution in [-0.4, -0.2) is 40.6 Å². The average molecular weight is 270 g/mol. The van der Waals surface area contributed by atoms with E-state index >= 15 is 0 Å². The van der Waals surface area contributed by atoms with Gasteiger partial charge in [0, 0.05) is 25.9 Å². The molecule has 0 spiro atoms. The van der Waals surface area contributed by atoms with E-state index in [0.29, 0.717) is 18.7 Å². The summed E-state index contributed by atoms with van der Waals surface area (Å²) in [5.41, 5.74) is 5.95. The molecule has 0 aromatic carbocycles. The number of nitrogen functional groups attached to an aromatic ring is 1. The van der Waals surface area contributed by atoms with Crippen LogP contribution in [0, 0.1) is 5.92 Å². The van der Waals surface area contributed by atoms with E-state index in [9.17, 15) is 4.79 Å². The highest BCUT2D eigenvalue weighted by Gasteiger charge is 2.24. The molecule has 1 aromatic heterocycles. The Hall–Kier alpha value is -1.33. The number of hydrogen-bond acceptors (Lipinski definition) is 4. The molecule has 6 heteroatoms. The number of carbonyl (C=O) groups is 1. The summed E-state index contributed by atoms with van der Waals surface area (Å²) in [5.74, 6) is 0.280. The number of aromatic nitrogens is 1. The van der Waals surface area contributed by atoms with Gasteiger partial charge in [0.1, 0.15) is 5.82 Å². The number of hydrogen-bond donors (Lipinski definition) is 2. The number of pyridine rings is 1. The normalized spacial score (nSPS) is 19.9. The molecule has 3 N–H and O–H groups in total. The molecule has 0 bridgehead atoms. The van der Waals surface area contributed by atoms with Crippen molar-refractivity contribution in [3.05, 3.63) is 22.8 Å². The van der Waals surface area contributed by atoms with Crippen LogP contribution in [0.2, 0.25) is 5.02 Å². The third-order valence-electron chi connectivity index (χ3n) is 3.18. The van der Waals surface area contributed by atoms with Gasteiger partial charge in [-0.3, -0.25) is 4.79 Å². The van der Waals surface area contributed by atoms with E-state index in [-0.39, 0.29) is 29.3 Å². The van der Waals surface area contributed by atoms with Crippen LogP contribution in [-0.2, 0) is 0 Å². The predicted octanol–water partition coefficient (Wildman–Crippen LogP) is 1.16. The van der Waals surface area contributed by atoms with E-state index < -0.39 is 0 Å². The molecule has 98 valence electrons. The summed E-state index contributed by atoms with van der Waals surface area (Å²) in [4.78, 5) is 17.8. The van der Waals surface area contributed by atoms with Crippen molar-refractivity contribution in [2.24, 2.45) is 5.92 Å². The van der Waals surface area contributed by atoms with Crippen LogP contribution in [0.5, 0.6) is 0 Å². The summed E-state index contributed by atoms with van der Waals surface area (Å²) >= 11 is 5.85. The molecular formula is C12H16ClN3O2. The Morgan fingerprint density at radius 1 is 1.67 bits per heavy atom. The fraction of sp³-hybridized carbons (Fsp3) is 0.500. The van der Waals surface area contributed by atoms with Crippen molar-refractivity contribution >= 4 is 23.3 Å². The second kappa shape index (κ2) is 5.54. The molecule has 0 aliphatic carbocycles. The molecule has 18 heavy (non-hydrogen) atoms. The van der Waals surface area contributed by atoms with Crippen LogP contribution in [0.4, 0.5) is 5.82 Å². The number of nitrogens with two attached hydrogens (primary N) is 1. The van der Waals surface area contributed by atoms with E-state index in [1.807, 2.05) is 0 Å². The van der Waals surface area contributed by atoms with Crippen LogP contribution in [0.25, 0.3) is 0 Å². The first-order valence-electron chi connectivity index (χ1n) is 5.93. The second-order valence-corrected chi connectivity index (χ2v) is 4.94. The lowest BCUT2D eigenvalue weighted by Gasteiger charge is -2.31. The van der Waals surface area contributed by atoms with Gasteiger partial charge in [0.2, 0.25) is 0 Å². The van der Waals surface area contributed by atoms with E-state index in [1.165, 1.54) is 12.3 Å². The van der Waals surface area contributed by atoms with Crippen LogP contribution in [0.15, 0.2) is 12.3 Å². The van der Waals surface area contributed by atoms with E-state index in [2.05, 4.69) is 4.98 Å². The second-order valence-electron chi connectivity index (χ2n) is 4.53. The van der Waals surface area contributed by atoms with E-state index in [1.54, 1.807) is 4.90 Å². The third kappa shape index (κ3) is 2.73. The molecule has 2 heterocycles. The van der Waals surface area contributed by atoms with Crippen molar-refractivity contribution in [1.82, 2.24) is 9.88 Å². The molecule has 5 nitrogen and oxygen atoms in total. The Morgan fingerprint density at radius 3 is 3.11 bits per heavy atom. The lowest BCUT2D eigenvalue weighted by Crippen LogP contribution is -2.41. The molecule has 1 aliphatic rings. The monoisotopic (exact) mass is 269 g/mol. The zero-order chi connectivity index (χ0) is 13.1. The Kier molecular flexibility index (Phi) is 4.04. The number of likely N-dealkylation sites (tertiary alicyclic amines) is 1. The maximum Gasteiger partial charge on any atom is 0.255 e. The summed E-state index contributed by atoms with van der Waals surface area (Å²) in [5, 5.41) is 9.44. The minimum Gasteiger partial charge on any atom is -0.396 e. The number of aliphatic hydroxyl groups excluding tert-OH is 1. The summed E-state index contributed by atoms with van der Waals surface area (Å²) in [6, 6.07) is 1.54. The molecule has 1 aromatic rings. The number of nitrogens with zero attached hydrogens (tertiary/aromatic N) is 2. The first kappa shape index (κ1) is 13.1. The van der Waals surface area contributed by atoms with Gasteiger partial charge in [0.05, 0.1) is 10.6 Å². The zero-order valence-corrected chi connectivity index (χ0v) is 10.7. The number of halogens is 1. The molecule has 1 unspecified atom stereocenters. The van der Waals surface area contributed by atoms with Gasteiger partial charge in [-0.25, -0.2) is 4.98 Å². The lowest BCUT2D eigenvalue weighted by molar-refractivity contribution is 0.0620. The number of amides is 1. The highest BCUT2D eigenvalue weighted by atomic mass is 35.5. The maximum atomic E-state index is 12.2. The quantitative estimate of drug-likeness (QED) is 0.844. The summed E-state index contributed by atoms with van der Waals surface area (Å²) in [6.45, 7) is 1.40. The molecule has 0 radical (unpaired) electrons. The fourth-order valence-electron chi connectivity index (χ4n) is 2.15. The molecule has 2 rings (SSSR count). The Morgan fingerprint density at radius 2 is 2.44 bits per heavy atom. The summed E-state index contributed by atoms with van der Waals surface area (Å²) < 4.78 is 0. The van der Waals surface area contributed by atoms with E-state index in [4.69, 9.17) is 22.4 Å². The number of carbonyl (C=O) groups excluding carboxylic acids is 1. The van der Waals surface area contributed by atoms with Gasteiger partial charge in [-0.2, -0.15) is 0 Å². The Labute approximate surface area is 111 Å². The maximum absolute atomic E-state index is 12.2. The molecule has 1 atom stereocenters. The minimum absolute atomic E-state index is 0.109. The van der Waals surface area contributed by atoms with E-state index in [0.717, 1.165) is 12.8 Å². The summed E-state index contributed by atoms with van der Waals surface area (Å²) in [7, 11) is 0. The van der Waals surface area contributed by atoms with Gasteiger partial charge in [-0.15, -0.1) is 0 Å². The van der Waals surface area contributed by atoms with Gasteiger partial charge >= 0.3 is 0 Å². The van der Waals surface area contributed by atoms with Crippen molar-refractivity contribution in [1.29, 1.82) is 0 Å².